The van der Waals surface area contributed by atoms with E-state index in [4.69, 9.17) is 5.73 Å². The number of rotatable bonds is 7. The van der Waals surface area contributed by atoms with Crippen LogP contribution in [0.2, 0.25) is 0 Å². The Bertz CT molecular complexity index is 508. The smallest absolute Gasteiger partial charge is 0.262 e. The highest BCUT2D eigenvalue weighted by Crippen LogP contribution is 2.21. The van der Waals surface area contributed by atoms with E-state index in [1.165, 1.54) is 16.8 Å². The van der Waals surface area contributed by atoms with Gasteiger partial charge in [0.2, 0.25) is 0 Å². The SMILES string of the molecule is CCCN(CC(C)(C)CN)S(=O)(=O)c1cn(C)cn1. The van der Waals surface area contributed by atoms with Crippen molar-refractivity contribution in [2.45, 2.75) is 32.2 Å². The lowest BCUT2D eigenvalue weighted by Gasteiger charge is -2.30. The summed E-state index contributed by atoms with van der Waals surface area (Å²) < 4.78 is 28.2. The van der Waals surface area contributed by atoms with E-state index in [-0.39, 0.29) is 10.4 Å². The van der Waals surface area contributed by atoms with Gasteiger partial charge in [-0.05, 0) is 18.4 Å². The Kier molecular flexibility index (Phi) is 5.11. The first-order valence-corrected chi connectivity index (χ1v) is 7.85. The van der Waals surface area contributed by atoms with Gasteiger partial charge in [-0.2, -0.15) is 4.31 Å². The molecule has 0 spiro atoms. The van der Waals surface area contributed by atoms with Gasteiger partial charge in [-0.3, -0.25) is 0 Å². The van der Waals surface area contributed by atoms with E-state index in [2.05, 4.69) is 4.98 Å². The van der Waals surface area contributed by atoms with Gasteiger partial charge in [-0.25, -0.2) is 13.4 Å². The van der Waals surface area contributed by atoms with Crippen molar-refractivity contribution in [3.8, 4) is 0 Å². The molecule has 0 fully saturated rings. The van der Waals surface area contributed by atoms with E-state index in [1.807, 2.05) is 20.8 Å². The van der Waals surface area contributed by atoms with E-state index in [1.54, 1.807) is 11.6 Å². The lowest BCUT2D eigenvalue weighted by atomic mass is 9.94. The summed E-state index contributed by atoms with van der Waals surface area (Å²) in [6.07, 6.45) is 3.77. The minimum Gasteiger partial charge on any atom is -0.339 e. The number of nitrogens with zero attached hydrogens (tertiary/aromatic N) is 3. The van der Waals surface area contributed by atoms with Crippen molar-refractivity contribution in [3.63, 3.8) is 0 Å². The maximum Gasteiger partial charge on any atom is 0.262 e. The van der Waals surface area contributed by atoms with Crippen molar-refractivity contribution in [2.24, 2.45) is 18.2 Å². The largest absolute Gasteiger partial charge is 0.339 e. The molecule has 1 rings (SSSR count). The van der Waals surface area contributed by atoms with Gasteiger partial charge in [0.1, 0.15) is 0 Å². The zero-order valence-corrected chi connectivity index (χ0v) is 12.9. The van der Waals surface area contributed by atoms with Gasteiger partial charge in [-0.1, -0.05) is 20.8 Å². The zero-order chi connectivity index (χ0) is 14.7. The van der Waals surface area contributed by atoms with E-state index in [9.17, 15) is 8.42 Å². The number of hydrogen-bond donors (Lipinski definition) is 1. The molecule has 0 aliphatic heterocycles. The number of imidazole rings is 1. The molecule has 1 aromatic heterocycles. The maximum atomic E-state index is 12.5. The zero-order valence-electron chi connectivity index (χ0n) is 12.1. The van der Waals surface area contributed by atoms with Gasteiger partial charge in [0, 0.05) is 26.3 Å². The van der Waals surface area contributed by atoms with E-state index in [0.29, 0.717) is 19.6 Å². The second kappa shape index (κ2) is 6.02. The van der Waals surface area contributed by atoms with Gasteiger partial charge < -0.3 is 10.3 Å². The molecule has 0 amide bonds. The first kappa shape index (κ1) is 16.1. The second-order valence-corrected chi connectivity index (χ2v) is 7.47. The van der Waals surface area contributed by atoms with Crippen molar-refractivity contribution >= 4 is 10.0 Å². The molecular formula is C12H24N4O2S. The standard InChI is InChI=1S/C12H24N4O2S/c1-5-6-16(9-12(2,3)8-13)19(17,18)11-7-15(4)10-14-11/h7,10H,5-6,8-9,13H2,1-4H3. The summed E-state index contributed by atoms with van der Waals surface area (Å²) >= 11 is 0. The monoisotopic (exact) mass is 288 g/mol. The van der Waals surface area contributed by atoms with E-state index >= 15 is 0 Å². The van der Waals surface area contributed by atoms with Gasteiger partial charge in [0.25, 0.3) is 10.0 Å². The molecule has 110 valence electrons. The molecule has 1 aromatic rings. The molecule has 0 aliphatic rings. The van der Waals surface area contributed by atoms with Gasteiger partial charge in [-0.15, -0.1) is 0 Å². The summed E-state index contributed by atoms with van der Waals surface area (Å²) in [6, 6.07) is 0. The predicted molar refractivity (Wildman–Crippen MR) is 75.1 cm³/mol. The summed E-state index contributed by atoms with van der Waals surface area (Å²) in [5, 5.41) is 0.0938. The Morgan fingerprint density at radius 3 is 2.53 bits per heavy atom. The molecule has 0 unspecified atom stereocenters. The van der Waals surface area contributed by atoms with E-state index in [0.717, 1.165) is 6.42 Å². The molecule has 7 heteroatoms. The van der Waals surface area contributed by atoms with Crippen LogP contribution in [0, 0.1) is 5.41 Å². The van der Waals surface area contributed by atoms with Crippen LogP contribution in [-0.4, -0.2) is 41.9 Å². The topological polar surface area (TPSA) is 81.2 Å². The fourth-order valence-electron chi connectivity index (χ4n) is 1.73. The molecule has 2 N–H and O–H groups in total. The van der Waals surface area contributed by atoms with Crippen molar-refractivity contribution in [2.75, 3.05) is 19.6 Å². The van der Waals surface area contributed by atoms with Crippen LogP contribution >= 0.6 is 0 Å². The third-order valence-corrected chi connectivity index (χ3v) is 4.65. The number of sulfonamides is 1. The minimum absolute atomic E-state index is 0.0938. The van der Waals surface area contributed by atoms with Crippen LogP contribution in [0.3, 0.4) is 0 Å². The van der Waals surface area contributed by atoms with Crippen molar-refractivity contribution in [1.82, 2.24) is 13.9 Å². The molecule has 0 bridgehead atoms. The van der Waals surface area contributed by atoms with Gasteiger partial charge >= 0.3 is 0 Å². The van der Waals surface area contributed by atoms with Crippen molar-refractivity contribution in [3.05, 3.63) is 12.5 Å². The van der Waals surface area contributed by atoms with Crippen molar-refractivity contribution < 1.29 is 8.42 Å². The van der Waals surface area contributed by atoms with E-state index < -0.39 is 10.0 Å². The summed E-state index contributed by atoms with van der Waals surface area (Å²) in [7, 11) is -1.79. The van der Waals surface area contributed by atoms with Crippen LogP contribution in [0.4, 0.5) is 0 Å². The first-order valence-electron chi connectivity index (χ1n) is 6.41. The highest BCUT2D eigenvalue weighted by Gasteiger charge is 2.30. The summed E-state index contributed by atoms with van der Waals surface area (Å²) in [4.78, 5) is 3.95. The Labute approximate surface area is 115 Å². The molecule has 1 heterocycles. The molecule has 0 atom stereocenters. The molecule has 6 nitrogen and oxygen atoms in total. The maximum absolute atomic E-state index is 12.5. The Balaban J connectivity index is 3.04. The molecule has 19 heavy (non-hydrogen) atoms. The minimum atomic E-state index is -3.54. The van der Waals surface area contributed by atoms with Crippen molar-refractivity contribution in [1.29, 1.82) is 0 Å². The molecule has 0 aromatic carbocycles. The van der Waals surface area contributed by atoms with Gasteiger partial charge in [0.05, 0.1) is 6.33 Å². The Morgan fingerprint density at radius 1 is 1.47 bits per heavy atom. The third-order valence-electron chi connectivity index (χ3n) is 2.92. The van der Waals surface area contributed by atoms with Crippen LogP contribution in [0.1, 0.15) is 27.2 Å². The average molecular weight is 288 g/mol. The molecule has 0 saturated carbocycles. The Morgan fingerprint density at radius 2 is 2.11 bits per heavy atom. The lowest BCUT2D eigenvalue weighted by molar-refractivity contribution is 0.266. The molecular weight excluding hydrogens is 264 g/mol. The van der Waals surface area contributed by atoms with Crippen LogP contribution in [0.25, 0.3) is 0 Å². The number of nitrogens with two attached hydrogens (primary N) is 1. The van der Waals surface area contributed by atoms with Gasteiger partial charge in [0.15, 0.2) is 5.03 Å². The Hall–Kier alpha value is -0.920. The highest BCUT2D eigenvalue weighted by molar-refractivity contribution is 7.89. The number of aromatic nitrogens is 2. The normalized spacial score (nSPS) is 13.2. The molecule has 0 saturated heterocycles. The van der Waals surface area contributed by atoms with Crippen LogP contribution in [-0.2, 0) is 17.1 Å². The summed E-state index contributed by atoms with van der Waals surface area (Å²) in [6.45, 7) is 7.19. The predicted octanol–water partition coefficient (Wildman–Crippen LogP) is 0.806. The second-order valence-electron chi connectivity index (χ2n) is 5.58. The quantitative estimate of drug-likeness (QED) is 0.805. The third kappa shape index (κ3) is 4.02. The highest BCUT2D eigenvalue weighted by atomic mass is 32.2. The van der Waals surface area contributed by atoms with Crippen LogP contribution < -0.4 is 5.73 Å². The fourth-order valence-corrected chi connectivity index (χ4v) is 3.42. The first-order chi connectivity index (χ1) is 8.73. The lowest BCUT2D eigenvalue weighted by Crippen LogP contribution is -2.42. The van der Waals surface area contributed by atoms with Crippen LogP contribution in [0.5, 0.6) is 0 Å². The van der Waals surface area contributed by atoms with Crippen LogP contribution in [0.15, 0.2) is 17.6 Å². The number of aryl methyl sites for hydroxylation is 1. The average Bonchev–Trinajstić information content (AvgIpc) is 2.76. The molecule has 0 aliphatic carbocycles. The fraction of sp³-hybridized carbons (Fsp3) is 0.750. The summed E-state index contributed by atoms with van der Waals surface area (Å²) in [5.41, 5.74) is 5.44. The molecule has 0 radical (unpaired) electrons. The summed E-state index contributed by atoms with van der Waals surface area (Å²) in [5.74, 6) is 0. The number of hydrogen-bond acceptors (Lipinski definition) is 4.